The van der Waals surface area contributed by atoms with Gasteiger partial charge >= 0.3 is 5.97 Å². The maximum Gasteiger partial charge on any atom is 0.336 e. The number of carboxylic acid groups (broad SMARTS) is 1. The second-order valence-electron chi connectivity index (χ2n) is 5.78. The van der Waals surface area contributed by atoms with E-state index in [-0.39, 0.29) is 22.9 Å². The van der Waals surface area contributed by atoms with E-state index in [4.69, 9.17) is 0 Å². The zero-order chi connectivity index (χ0) is 16.7. The van der Waals surface area contributed by atoms with Crippen molar-refractivity contribution >= 4 is 17.7 Å². The Labute approximate surface area is 128 Å². The van der Waals surface area contributed by atoms with Gasteiger partial charge in [-0.05, 0) is 25.3 Å². The normalized spacial score (nSPS) is 21.0. The second-order valence-corrected chi connectivity index (χ2v) is 5.78. The quantitative estimate of drug-likeness (QED) is 0.865. The smallest absolute Gasteiger partial charge is 0.336 e. The number of carbonyl (C=O) groups excluding carboxylic acids is 1. The summed E-state index contributed by atoms with van der Waals surface area (Å²) in [5.41, 5.74) is -0.171. The molecule has 1 aliphatic rings. The number of nitriles is 1. The lowest BCUT2D eigenvalue weighted by molar-refractivity contribution is -0.129. The molecule has 1 aliphatic heterocycles. The Morgan fingerprint density at radius 3 is 2.59 bits per heavy atom. The monoisotopic (exact) mass is 299 g/mol. The Balaban J connectivity index is 2.72. The van der Waals surface area contributed by atoms with E-state index in [9.17, 15) is 20.0 Å². The number of nitrogens with zero attached hydrogens (tertiary/aromatic N) is 3. The van der Waals surface area contributed by atoms with Gasteiger partial charge in [0.2, 0.25) is 0 Å². The van der Waals surface area contributed by atoms with Crippen LogP contribution in [-0.4, -0.2) is 33.3 Å². The van der Waals surface area contributed by atoms with Crippen molar-refractivity contribution < 1.29 is 14.7 Å². The van der Waals surface area contributed by atoms with E-state index in [1.165, 1.54) is 0 Å². The molecule has 1 aromatic carbocycles. The summed E-state index contributed by atoms with van der Waals surface area (Å²) < 4.78 is 0. The van der Waals surface area contributed by atoms with Crippen LogP contribution in [0.25, 0.3) is 0 Å². The molecule has 0 spiro atoms. The molecule has 0 aromatic heterocycles. The molecule has 1 heterocycles. The van der Waals surface area contributed by atoms with E-state index >= 15 is 0 Å². The van der Waals surface area contributed by atoms with Crippen molar-refractivity contribution in [2.24, 2.45) is 10.9 Å². The van der Waals surface area contributed by atoms with Gasteiger partial charge in [0.05, 0.1) is 5.56 Å². The standard InChI is InChI=1S/C16H17N3O3/c1-9(2)16(4)15(22)19(8-17)13(18-16)11-7-5-6-10(3)12(11)14(20)21/h5-7,9H,1-4H3,(H,20,21). The van der Waals surface area contributed by atoms with Crippen molar-refractivity contribution in [3.63, 3.8) is 0 Å². The highest BCUT2D eigenvalue weighted by atomic mass is 16.4. The fraction of sp³-hybridized carbons (Fsp3) is 0.375. The van der Waals surface area contributed by atoms with E-state index in [0.717, 1.165) is 4.90 Å². The minimum absolute atomic E-state index is 0.0577. The summed E-state index contributed by atoms with van der Waals surface area (Å²) in [6, 6.07) is 4.92. The molecule has 6 heteroatoms. The summed E-state index contributed by atoms with van der Waals surface area (Å²) in [5, 5.41) is 18.7. The van der Waals surface area contributed by atoms with E-state index < -0.39 is 17.4 Å². The number of amides is 1. The second kappa shape index (κ2) is 5.26. The number of carbonyl (C=O) groups is 2. The predicted octanol–water partition coefficient (Wildman–Crippen LogP) is 2.18. The van der Waals surface area contributed by atoms with Gasteiger partial charge in [0, 0.05) is 5.56 Å². The van der Waals surface area contributed by atoms with Crippen molar-refractivity contribution in [1.82, 2.24) is 4.90 Å². The van der Waals surface area contributed by atoms with Crippen LogP contribution >= 0.6 is 0 Å². The molecular weight excluding hydrogens is 282 g/mol. The topological polar surface area (TPSA) is 93.8 Å². The third kappa shape index (κ3) is 2.15. The number of aromatic carboxylic acids is 1. The van der Waals surface area contributed by atoms with Crippen LogP contribution in [0.15, 0.2) is 23.2 Å². The van der Waals surface area contributed by atoms with Crippen LogP contribution in [0.2, 0.25) is 0 Å². The minimum atomic E-state index is -1.11. The minimum Gasteiger partial charge on any atom is -0.478 e. The van der Waals surface area contributed by atoms with Crippen molar-refractivity contribution in [2.45, 2.75) is 33.2 Å². The first kappa shape index (κ1) is 15.7. The van der Waals surface area contributed by atoms with Gasteiger partial charge < -0.3 is 5.11 Å². The summed E-state index contributed by atoms with van der Waals surface area (Å²) in [5.74, 6) is -1.56. The molecule has 1 atom stereocenters. The van der Waals surface area contributed by atoms with E-state index in [1.54, 1.807) is 32.0 Å². The van der Waals surface area contributed by atoms with Gasteiger partial charge in [0.25, 0.3) is 5.91 Å². The van der Waals surface area contributed by atoms with E-state index in [0.29, 0.717) is 5.56 Å². The number of aliphatic imine (C=N–C) groups is 1. The number of hydrogen-bond acceptors (Lipinski definition) is 4. The van der Waals surface area contributed by atoms with Crippen LogP contribution < -0.4 is 0 Å². The molecule has 2 rings (SSSR count). The molecule has 114 valence electrons. The molecule has 6 nitrogen and oxygen atoms in total. The van der Waals surface area contributed by atoms with Crippen molar-refractivity contribution in [3.8, 4) is 6.19 Å². The number of aryl methyl sites for hydroxylation is 1. The highest BCUT2D eigenvalue weighted by Gasteiger charge is 2.48. The lowest BCUT2D eigenvalue weighted by Crippen LogP contribution is -2.42. The van der Waals surface area contributed by atoms with Crippen molar-refractivity contribution in [2.75, 3.05) is 0 Å². The molecule has 0 bridgehead atoms. The van der Waals surface area contributed by atoms with Gasteiger partial charge in [-0.15, -0.1) is 0 Å². The highest BCUT2D eigenvalue weighted by Crippen LogP contribution is 2.32. The number of carboxylic acids is 1. The summed E-state index contributed by atoms with van der Waals surface area (Å²) in [4.78, 5) is 29.3. The highest BCUT2D eigenvalue weighted by molar-refractivity contribution is 6.19. The first-order valence-corrected chi connectivity index (χ1v) is 6.91. The van der Waals surface area contributed by atoms with Gasteiger partial charge in [-0.1, -0.05) is 32.0 Å². The molecule has 1 amide bonds. The molecular formula is C16H17N3O3. The van der Waals surface area contributed by atoms with Gasteiger partial charge in [-0.3, -0.25) is 4.79 Å². The summed E-state index contributed by atoms with van der Waals surface area (Å²) in [6.45, 7) is 7.01. The predicted molar refractivity (Wildman–Crippen MR) is 80.4 cm³/mol. The molecule has 1 unspecified atom stereocenters. The average Bonchev–Trinajstić information content (AvgIpc) is 2.71. The first-order valence-electron chi connectivity index (χ1n) is 6.91. The lowest BCUT2D eigenvalue weighted by atomic mass is 9.89. The zero-order valence-corrected chi connectivity index (χ0v) is 12.9. The van der Waals surface area contributed by atoms with Crippen LogP contribution in [0.4, 0.5) is 0 Å². The first-order chi connectivity index (χ1) is 10.2. The van der Waals surface area contributed by atoms with Crippen LogP contribution in [-0.2, 0) is 4.79 Å². The lowest BCUT2D eigenvalue weighted by Gasteiger charge is -2.22. The summed E-state index contributed by atoms with van der Waals surface area (Å²) in [7, 11) is 0. The third-order valence-corrected chi connectivity index (χ3v) is 4.14. The van der Waals surface area contributed by atoms with Gasteiger partial charge in [-0.25, -0.2) is 9.79 Å². The molecule has 1 aromatic rings. The van der Waals surface area contributed by atoms with Gasteiger partial charge in [0.15, 0.2) is 12.0 Å². The van der Waals surface area contributed by atoms with E-state index in [1.807, 2.05) is 20.0 Å². The molecule has 0 saturated carbocycles. The van der Waals surface area contributed by atoms with Gasteiger partial charge in [0.1, 0.15) is 5.54 Å². The Morgan fingerprint density at radius 1 is 1.45 bits per heavy atom. The van der Waals surface area contributed by atoms with Gasteiger partial charge in [-0.2, -0.15) is 10.2 Å². The third-order valence-electron chi connectivity index (χ3n) is 4.14. The number of benzene rings is 1. The molecule has 22 heavy (non-hydrogen) atoms. The maximum atomic E-state index is 12.5. The fourth-order valence-corrected chi connectivity index (χ4v) is 2.43. The van der Waals surface area contributed by atoms with Crippen LogP contribution in [0, 0.1) is 24.3 Å². The Morgan fingerprint density at radius 2 is 2.09 bits per heavy atom. The molecule has 0 radical (unpaired) electrons. The molecule has 1 N–H and O–H groups in total. The summed E-state index contributed by atoms with van der Waals surface area (Å²) in [6.07, 6.45) is 1.82. The largest absolute Gasteiger partial charge is 0.478 e. The molecule has 0 aliphatic carbocycles. The van der Waals surface area contributed by atoms with E-state index in [2.05, 4.69) is 4.99 Å². The van der Waals surface area contributed by atoms with Crippen LogP contribution in [0.3, 0.4) is 0 Å². The Kier molecular flexibility index (Phi) is 3.76. The van der Waals surface area contributed by atoms with Crippen molar-refractivity contribution in [1.29, 1.82) is 5.26 Å². The molecule has 0 saturated heterocycles. The average molecular weight is 299 g/mol. The van der Waals surface area contributed by atoms with Crippen molar-refractivity contribution in [3.05, 3.63) is 34.9 Å². The number of hydrogen-bond donors (Lipinski definition) is 1. The zero-order valence-electron chi connectivity index (χ0n) is 12.9. The number of amidine groups is 1. The Bertz CT molecular complexity index is 731. The SMILES string of the molecule is Cc1cccc(C2=NC(C)(C(C)C)C(=O)N2C#N)c1C(=O)O. The maximum absolute atomic E-state index is 12.5. The number of rotatable bonds is 3. The fourth-order valence-electron chi connectivity index (χ4n) is 2.43. The Hall–Kier alpha value is -2.68. The molecule has 0 fully saturated rings. The van der Waals surface area contributed by atoms with Crippen LogP contribution in [0.5, 0.6) is 0 Å². The summed E-state index contributed by atoms with van der Waals surface area (Å²) >= 11 is 0. The van der Waals surface area contributed by atoms with Crippen LogP contribution in [0.1, 0.15) is 42.3 Å².